The van der Waals surface area contributed by atoms with Gasteiger partial charge in [0.1, 0.15) is 11.4 Å². The number of carbonyl (C=O) groups is 1. The van der Waals surface area contributed by atoms with Gasteiger partial charge in [-0.1, -0.05) is 32.6 Å². The Morgan fingerprint density at radius 1 is 1.38 bits per heavy atom. The van der Waals surface area contributed by atoms with E-state index in [-0.39, 0.29) is 11.7 Å². The number of allylic oxidation sites excluding steroid dienone is 2. The van der Waals surface area contributed by atoms with Gasteiger partial charge in [-0.05, 0) is 39.0 Å². The summed E-state index contributed by atoms with van der Waals surface area (Å²) >= 11 is 0. The van der Waals surface area contributed by atoms with Crippen LogP contribution in [0, 0.1) is 11.8 Å². The van der Waals surface area contributed by atoms with Crippen LogP contribution in [-0.4, -0.2) is 18.6 Å². The second-order valence-electron chi connectivity index (χ2n) is 6.93. The number of methoxy groups -OCH3 is 1. The van der Waals surface area contributed by atoms with Crippen molar-refractivity contribution in [2.24, 2.45) is 11.8 Å². The Kier molecular flexibility index (Phi) is 7.41. The molecule has 0 radical (unpaired) electrons. The Morgan fingerprint density at radius 3 is 2.48 bits per heavy atom. The van der Waals surface area contributed by atoms with E-state index in [1.165, 1.54) is 25.7 Å². The van der Waals surface area contributed by atoms with Gasteiger partial charge in [0, 0.05) is 18.4 Å². The normalized spacial score (nSPS) is 18.8. The molecule has 0 aliphatic heterocycles. The molecule has 1 aliphatic carbocycles. The molecule has 1 saturated carbocycles. The largest absolute Gasteiger partial charge is 0.501 e. The van der Waals surface area contributed by atoms with Gasteiger partial charge in [0.25, 0.3) is 0 Å². The number of hydrogen-bond donors (Lipinski definition) is 0. The maximum absolute atomic E-state index is 13.8. The Bertz CT molecular complexity index is 349. The number of ether oxygens (including phenoxy) is 1. The Morgan fingerprint density at radius 2 is 2.00 bits per heavy atom. The van der Waals surface area contributed by atoms with Crippen molar-refractivity contribution in [1.29, 1.82) is 0 Å². The van der Waals surface area contributed by atoms with Gasteiger partial charge in [-0.25, -0.2) is 4.39 Å². The van der Waals surface area contributed by atoms with Crippen molar-refractivity contribution in [2.75, 3.05) is 7.11 Å². The first-order chi connectivity index (χ1) is 9.85. The molecule has 1 unspecified atom stereocenters. The van der Waals surface area contributed by atoms with Crippen LogP contribution in [0.25, 0.3) is 0 Å². The lowest BCUT2D eigenvalue weighted by molar-refractivity contribution is -0.115. The zero-order chi connectivity index (χ0) is 15.9. The van der Waals surface area contributed by atoms with Crippen LogP contribution in [0.5, 0.6) is 0 Å². The fourth-order valence-corrected chi connectivity index (χ4v) is 3.25. The molecule has 3 heteroatoms. The van der Waals surface area contributed by atoms with Crippen LogP contribution in [0.4, 0.5) is 4.39 Å². The molecule has 0 heterocycles. The summed E-state index contributed by atoms with van der Waals surface area (Å²) in [6.07, 6.45) is 9.49. The average molecular weight is 298 g/mol. The molecule has 1 aliphatic rings. The van der Waals surface area contributed by atoms with Gasteiger partial charge in [0.15, 0.2) is 5.78 Å². The number of rotatable bonds is 9. The van der Waals surface area contributed by atoms with Crippen LogP contribution < -0.4 is 0 Å². The van der Waals surface area contributed by atoms with Gasteiger partial charge in [0.05, 0.1) is 7.11 Å². The first-order valence-electron chi connectivity index (χ1n) is 8.33. The zero-order valence-corrected chi connectivity index (χ0v) is 14.1. The standard InChI is InChI=1S/C18H31FO2/c1-5-15(13-18(2,3)19)17(21-4)12-16(20)11-10-14-8-6-7-9-14/h12,14-15H,5-11,13H2,1-4H3/b17-12-. The number of ketones is 1. The molecule has 1 fully saturated rings. The van der Waals surface area contributed by atoms with E-state index in [1.807, 2.05) is 6.92 Å². The number of alkyl halides is 1. The Balaban J connectivity index is 2.56. The van der Waals surface area contributed by atoms with Gasteiger partial charge in [-0.2, -0.15) is 0 Å². The maximum Gasteiger partial charge on any atom is 0.159 e. The highest BCUT2D eigenvalue weighted by Crippen LogP contribution is 2.30. The summed E-state index contributed by atoms with van der Waals surface area (Å²) in [7, 11) is 1.57. The van der Waals surface area contributed by atoms with Crippen molar-refractivity contribution in [2.45, 2.75) is 77.8 Å². The third-order valence-corrected chi connectivity index (χ3v) is 4.44. The van der Waals surface area contributed by atoms with Crippen LogP contribution in [0.2, 0.25) is 0 Å². The lowest BCUT2D eigenvalue weighted by atomic mass is 9.90. The number of halogens is 1. The van der Waals surface area contributed by atoms with Gasteiger partial charge >= 0.3 is 0 Å². The van der Waals surface area contributed by atoms with Crippen LogP contribution in [0.1, 0.15) is 72.1 Å². The summed E-state index contributed by atoms with van der Waals surface area (Å²) in [6, 6.07) is 0. The van der Waals surface area contributed by atoms with Crippen molar-refractivity contribution in [1.82, 2.24) is 0 Å². The second-order valence-corrected chi connectivity index (χ2v) is 6.93. The molecule has 0 aromatic rings. The molecule has 0 bridgehead atoms. The topological polar surface area (TPSA) is 26.3 Å². The van der Waals surface area contributed by atoms with Crippen molar-refractivity contribution >= 4 is 5.78 Å². The van der Waals surface area contributed by atoms with Crippen LogP contribution in [0.3, 0.4) is 0 Å². The monoisotopic (exact) mass is 298 g/mol. The predicted octanol–water partition coefficient (Wildman–Crippen LogP) is 5.22. The van der Waals surface area contributed by atoms with E-state index in [0.29, 0.717) is 18.6 Å². The third kappa shape index (κ3) is 7.10. The lowest BCUT2D eigenvalue weighted by Gasteiger charge is -2.23. The third-order valence-electron chi connectivity index (χ3n) is 4.44. The van der Waals surface area contributed by atoms with Crippen molar-refractivity contribution in [3.8, 4) is 0 Å². The molecule has 0 N–H and O–H groups in total. The van der Waals surface area contributed by atoms with E-state index < -0.39 is 5.67 Å². The minimum absolute atomic E-state index is 0.0227. The van der Waals surface area contributed by atoms with Gasteiger partial charge in [-0.3, -0.25) is 4.79 Å². The molecule has 2 nitrogen and oxygen atoms in total. The zero-order valence-electron chi connectivity index (χ0n) is 14.1. The summed E-state index contributed by atoms with van der Waals surface area (Å²) < 4.78 is 19.2. The van der Waals surface area contributed by atoms with Crippen LogP contribution in [0.15, 0.2) is 11.8 Å². The average Bonchev–Trinajstić information content (AvgIpc) is 2.92. The second kappa shape index (κ2) is 8.55. The van der Waals surface area contributed by atoms with Crippen LogP contribution >= 0.6 is 0 Å². The van der Waals surface area contributed by atoms with Crippen molar-refractivity contribution in [3.05, 3.63) is 11.8 Å². The number of hydrogen-bond acceptors (Lipinski definition) is 2. The van der Waals surface area contributed by atoms with Crippen molar-refractivity contribution < 1.29 is 13.9 Å². The SMILES string of the molecule is CCC(CC(C)(C)F)/C(=C/C(=O)CCC1CCCC1)OC. The van der Waals surface area contributed by atoms with Crippen molar-refractivity contribution in [3.63, 3.8) is 0 Å². The quantitative estimate of drug-likeness (QED) is 0.431. The molecule has 0 spiro atoms. The summed E-state index contributed by atoms with van der Waals surface area (Å²) in [5, 5.41) is 0. The van der Waals surface area contributed by atoms with Gasteiger partial charge < -0.3 is 4.74 Å². The van der Waals surface area contributed by atoms with E-state index in [0.717, 1.165) is 18.8 Å². The summed E-state index contributed by atoms with van der Waals surface area (Å²) in [5.74, 6) is 1.46. The molecule has 0 aromatic heterocycles. The molecule has 0 amide bonds. The molecular weight excluding hydrogens is 267 g/mol. The Labute approximate surface area is 129 Å². The fourth-order valence-electron chi connectivity index (χ4n) is 3.25. The first kappa shape index (κ1) is 18.2. The van der Waals surface area contributed by atoms with E-state index in [1.54, 1.807) is 27.0 Å². The smallest absolute Gasteiger partial charge is 0.159 e. The molecule has 21 heavy (non-hydrogen) atoms. The van der Waals surface area contributed by atoms with E-state index >= 15 is 0 Å². The number of carbonyl (C=O) groups excluding carboxylic acids is 1. The summed E-state index contributed by atoms with van der Waals surface area (Å²) in [6.45, 7) is 5.15. The highest BCUT2D eigenvalue weighted by molar-refractivity contribution is 5.90. The highest BCUT2D eigenvalue weighted by Gasteiger charge is 2.25. The van der Waals surface area contributed by atoms with E-state index in [4.69, 9.17) is 4.74 Å². The maximum atomic E-state index is 13.8. The molecular formula is C18H31FO2. The van der Waals surface area contributed by atoms with Gasteiger partial charge in [0.2, 0.25) is 0 Å². The molecule has 122 valence electrons. The molecule has 0 saturated heterocycles. The molecule has 1 atom stereocenters. The minimum Gasteiger partial charge on any atom is -0.501 e. The molecule has 0 aromatic carbocycles. The van der Waals surface area contributed by atoms with E-state index in [9.17, 15) is 9.18 Å². The minimum atomic E-state index is -1.24. The summed E-state index contributed by atoms with van der Waals surface area (Å²) in [4.78, 5) is 12.1. The van der Waals surface area contributed by atoms with E-state index in [2.05, 4.69) is 0 Å². The predicted molar refractivity (Wildman–Crippen MR) is 84.9 cm³/mol. The lowest BCUT2D eigenvalue weighted by Crippen LogP contribution is -2.20. The Hall–Kier alpha value is -0.860. The fraction of sp³-hybridized carbons (Fsp3) is 0.833. The van der Waals surface area contributed by atoms with Crippen LogP contribution in [-0.2, 0) is 9.53 Å². The summed E-state index contributed by atoms with van der Waals surface area (Å²) in [5.41, 5.74) is -1.24. The highest BCUT2D eigenvalue weighted by atomic mass is 19.1. The first-order valence-corrected chi connectivity index (χ1v) is 8.33. The van der Waals surface area contributed by atoms with Gasteiger partial charge in [-0.15, -0.1) is 0 Å². The molecule has 1 rings (SSSR count).